The Hall–Kier alpha value is -0.650. The molecule has 5 nitrogen and oxygen atoms in total. The van der Waals surface area contributed by atoms with E-state index in [1.165, 1.54) is 0 Å². The summed E-state index contributed by atoms with van der Waals surface area (Å²) in [6, 6.07) is 0.152. The number of primary amides is 1. The van der Waals surface area contributed by atoms with Crippen LogP contribution >= 0.6 is 0 Å². The number of rotatable bonds is 6. The minimum atomic E-state index is -0.234. The lowest BCUT2D eigenvalue weighted by atomic mass is 10.00. The van der Waals surface area contributed by atoms with Gasteiger partial charge < -0.3 is 16.2 Å². The van der Waals surface area contributed by atoms with Gasteiger partial charge in [-0.15, -0.1) is 0 Å². The van der Waals surface area contributed by atoms with Crippen molar-refractivity contribution in [1.29, 1.82) is 0 Å². The fourth-order valence-electron chi connectivity index (χ4n) is 1.67. The summed E-state index contributed by atoms with van der Waals surface area (Å²) in [6.07, 6.45) is 0.872. The highest BCUT2D eigenvalue weighted by Crippen LogP contribution is 2.20. The number of amides is 1. The molecule has 0 bridgehead atoms. The second-order valence-corrected chi connectivity index (χ2v) is 3.66. The first-order valence-electron chi connectivity index (χ1n) is 4.99. The van der Waals surface area contributed by atoms with Crippen LogP contribution < -0.4 is 11.5 Å². The minimum Gasteiger partial charge on any atom is -0.379 e. The van der Waals surface area contributed by atoms with Gasteiger partial charge in [-0.3, -0.25) is 9.69 Å². The van der Waals surface area contributed by atoms with E-state index >= 15 is 0 Å². The van der Waals surface area contributed by atoms with Crippen molar-refractivity contribution in [3.63, 3.8) is 0 Å². The molecule has 0 aromatic rings. The first kappa shape index (κ1) is 11.4. The van der Waals surface area contributed by atoms with E-state index in [0.29, 0.717) is 19.8 Å². The normalized spacial score (nSPS) is 24.3. The van der Waals surface area contributed by atoms with Crippen molar-refractivity contribution < 1.29 is 9.53 Å². The Morgan fingerprint density at radius 1 is 1.71 bits per heavy atom. The predicted octanol–water partition coefficient (Wildman–Crippen LogP) is -1.09. The molecule has 14 heavy (non-hydrogen) atoms. The van der Waals surface area contributed by atoms with Crippen LogP contribution in [0.4, 0.5) is 0 Å². The Morgan fingerprint density at radius 3 is 2.86 bits per heavy atom. The van der Waals surface area contributed by atoms with Gasteiger partial charge in [-0.05, 0) is 13.3 Å². The molecule has 82 valence electrons. The molecule has 1 aliphatic heterocycles. The third-order valence-corrected chi connectivity index (χ3v) is 2.58. The monoisotopic (exact) mass is 201 g/mol. The highest BCUT2D eigenvalue weighted by atomic mass is 16.5. The number of ether oxygens (including phenoxy) is 1. The maximum absolute atomic E-state index is 10.9. The minimum absolute atomic E-state index is 0.0912. The van der Waals surface area contributed by atoms with Crippen LogP contribution in [-0.4, -0.2) is 49.2 Å². The molecule has 0 saturated carbocycles. The average molecular weight is 201 g/mol. The summed E-state index contributed by atoms with van der Waals surface area (Å²) in [7, 11) is 0. The van der Waals surface area contributed by atoms with Gasteiger partial charge in [-0.1, -0.05) is 0 Å². The second kappa shape index (κ2) is 5.29. The number of hydrogen-bond acceptors (Lipinski definition) is 4. The summed E-state index contributed by atoms with van der Waals surface area (Å²) in [5.74, 6) is -0.234. The number of likely N-dealkylation sites (tertiary alicyclic amines) is 1. The molecule has 5 heteroatoms. The number of nitrogens with two attached hydrogens (primary N) is 2. The Morgan fingerprint density at radius 2 is 2.43 bits per heavy atom. The molecular weight excluding hydrogens is 182 g/mol. The molecule has 1 rings (SSSR count). The number of nitrogens with zero attached hydrogens (tertiary/aromatic N) is 1. The summed E-state index contributed by atoms with van der Waals surface area (Å²) < 4.78 is 5.31. The lowest BCUT2D eigenvalue weighted by molar-refractivity contribution is -0.130. The number of hydrogen-bond donors (Lipinski definition) is 2. The zero-order chi connectivity index (χ0) is 10.6. The summed E-state index contributed by atoms with van der Waals surface area (Å²) in [5.41, 5.74) is 10.5. The van der Waals surface area contributed by atoms with Gasteiger partial charge in [0.1, 0.15) is 0 Å². The fourth-order valence-corrected chi connectivity index (χ4v) is 1.67. The Kier molecular flexibility index (Phi) is 4.31. The molecule has 0 aromatic heterocycles. The van der Waals surface area contributed by atoms with E-state index < -0.39 is 0 Å². The Labute approximate surface area is 84.4 Å². The summed E-state index contributed by atoms with van der Waals surface area (Å²) in [6.45, 7) is 4.68. The quantitative estimate of drug-likeness (QED) is 0.535. The molecule has 0 radical (unpaired) electrons. The van der Waals surface area contributed by atoms with Gasteiger partial charge in [0.25, 0.3) is 0 Å². The fraction of sp³-hybridized carbons (Fsp3) is 0.889. The van der Waals surface area contributed by atoms with E-state index in [4.69, 9.17) is 16.2 Å². The molecular formula is C9H19N3O2. The standard InChI is InChI=1S/C9H19N3O2/c1-7(6-14-5-3-10)12-4-2-8(12)9(11)13/h7-8H,2-6,10H2,1H3,(H2,11,13). The van der Waals surface area contributed by atoms with Crippen molar-refractivity contribution in [2.24, 2.45) is 11.5 Å². The van der Waals surface area contributed by atoms with Crippen molar-refractivity contribution in [3.05, 3.63) is 0 Å². The molecule has 0 aliphatic carbocycles. The molecule has 1 fully saturated rings. The number of carbonyl (C=O) groups excluding carboxylic acids is 1. The molecule has 0 aromatic carbocycles. The molecule has 1 heterocycles. The van der Waals surface area contributed by atoms with Crippen LogP contribution in [-0.2, 0) is 9.53 Å². The Balaban J connectivity index is 2.23. The van der Waals surface area contributed by atoms with E-state index in [1.54, 1.807) is 0 Å². The van der Waals surface area contributed by atoms with Gasteiger partial charge in [0.2, 0.25) is 5.91 Å². The van der Waals surface area contributed by atoms with E-state index in [2.05, 4.69) is 4.90 Å². The van der Waals surface area contributed by atoms with Crippen LogP contribution in [0.5, 0.6) is 0 Å². The van der Waals surface area contributed by atoms with Crippen LogP contribution in [0.1, 0.15) is 13.3 Å². The maximum atomic E-state index is 10.9. The van der Waals surface area contributed by atoms with Gasteiger partial charge in [0.05, 0.1) is 19.3 Å². The van der Waals surface area contributed by atoms with Crippen molar-refractivity contribution in [3.8, 4) is 0 Å². The molecule has 4 N–H and O–H groups in total. The molecule has 1 saturated heterocycles. The second-order valence-electron chi connectivity index (χ2n) is 3.66. The summed E-state index contributed by atoms with van der Waals surface area (Å²) in [4.78, 5) is 13.0. The number of carbonyl (C=O) groups is 1. The zero-order valence-electron chi connectivity index (χ0n) is 8.61. The molecule has 1 amide bonds. The van der Waals surface area contributed by atoms with Gasteiger partial charge in [-0.2, -0.15) is 0 Å². The summed E-state index contributed by atoms with van der Waals surface area (Å²) in [5, 5.41) is 0. The maximum Gasteiger partial charge on any atom is 0.234 e. The Bertz CT molecular complexity index is 198. The van der Waals surface area contributed by atoms with Crippen molar-refractivity contribution in [2.45, 2.75) is 25.4 Å². The van der Waals surface area contributed by atoms with Crippen molar-refractivity contribution >= 4 is 5.91 Å². The van der Waals surface area contributed by atoms with E-state index in [0.717, 1.165) is 13.0 Å². The SMILES string of the molecule is CC(COCCN)N1CCC1C(N)=O. The predicted molar refractivity (Wildman–Crippen MR) is 53.6 cm³/mol. The first-order chi connectivity index (χ1) is 6.66. The van der Waals surface area contributed by atoms with Crippen LogP contribution in [0.15, 0.2) is 0 Å². The van der Waals surface area contributed by atoms with Gasteiger partial charge in [0, 0.05) is 19.1 Å². The van der Waals surface area contributed by atoms with E-state index in [9.17, 15) is 4.79 Å². The van der Waals surface area contributed by atoms with Crippen LogP contribution in [0.3, 0.4) is 0 Å². The lowest BCUT2D eigenvalue weighted by Gasteiger charge is -2.42. The van der Waals surface area contributed by atoms with Gasteiger partial charge in [0.15, 0.2) is 0 Å². The zero-order valence-corrected chi connectivity index (χ0v) is 8.61. The first-order valence-corrected chi connectivity index (χ1v) is 4.99. The van der Waals surface area contributed by atoms with Gasteiger partial charge >= 0.3 is 0 Å². The smallest absolute Gasteiger partial charge is 0.234 e. The molecule has 2 unspecified atom stereocenters. The van der Waals surface area contributed by atoms with Crippen molar-refractivity contribution in [1.82, 2.24) is 4.90 Å². The van der Waals surface area contributed by atoms with Crippen LogP contribution in [0.25, 0.3) is 0 Å². The molecule has 1 aliphatic rings. The average Bonchev–Trinajstić information content (AvgIpc) is 2.01. The topological polar surface area (TPSA) is 81.6 Å². The summed E-state index contributed by atoms with van der Waals surface area (Å²) >= 11 is 0. The van der Waals surface area contributed by atoms with Crippen LogP contribution in [0, 0.1) is 0 Å². The molecule has 2 atom stereocenters. The van der Waals surface area contributed by atoms with E-state index in [1.807, 2.05) is 6.92 Å². The highest BCUT2D eigenvalue weighted by molar-refractivity contribution is 5.80. The largest absolute Gasteiger partial charge is 0.379 e. The van der Waals surface area contributed by atoms with Gasteiger partial charge in [-0.25, -0.2) is 0 Å². The third kappa shape index (κ3) is 2.67. The highest BCUT2D eigenvalue weighted by Gasteiger charge is 2.35. The van der Waals surface area contributed by atoms with Crippen LogP contribution in [0.2, 0.25) is 0 Å². The third-order valence-electron chi connectivity index (χ3n) is 2.58. The molecule has 0 spiro atoms. The lowest BCUT2D eigenvalue weighted by Crippen LogP contribution is -2.59. The van der Waals surface area contributed by atoms with Crippen molar-refractivity contribution in [2.75, 3.05) is 26.3 Å². The van der Waals surface area contributed by atoms with E-state index in [-0.39, 0.29) is 18.0 Å².